The molecule has 5 heteroatoms. The van der Waals surface area contributed by atoms with Gasteiger partial charge in [-0.25, -0.2) is 0 Å². The van der Waals surface area contributed by atoms with Gasteiger partial charge in [-0.15, -0.1) is 0 Å². The first-order valence-corrected chi connectivity index (χ1v) is 13.0. The van der Waals surface area contributed by atoms with Crippen molar-refractivity contribution in [3.63, 3.8) is 0 Å². The summed E-state index contributed by atoms with van der Waals surface area (Å²) < 4.78 is 0. The maximum Gasteiger partial charge on any atom is 0.216 e. The van der Waals surface area contributed by atoms with Gasteiger partial charge in [0.05, 0.1) is 0 Å². The summed E-state index contributed by atoms with van der Waals surface area (Å²) in [7, 11) is 0. The lowest BCUT2D eigenvalue weighted by Gasteiger charge is -2.57. The molecule has 0 saturated heterocycles. The van der Waals surface area contributed by atoms with Gasteiger partial charge in [0, 0.05) is 30.6 Å². The molecule has 1 N–H and O–H groups in total. The summed E-state index contributed by atoms with van der Waals surface area (Å²) in [5, 5.41) is 3.07. The minimum atomic E-state index is -0.0413. The van der Waals surface area contributed by atoms with E-state index in [1.165, 1.54) is 49.9 Å². The van der Waals surface area contributed by atoms with Gasteiger partial charge in [-0.1, -0.05) is 44.2 Å². The molecule has 0 aromatic carbocycles. The summed E-state index contributed by atoms with van der Waals surface area (Å²) in [5.41, 5.74) is 1.62. The van der Waals surface area contributed by atoms with E-state index in [0.29, 0.717) is 36.0 Å². The third-order valence-electron chi connectivity index (χ3n) is 9.33. The molecule has 170 valence electrons. The SMILES string of the molecule is CC(=O)NCCSC(=O)[C@@H](C)[C@H]1CC[C@H]2[C@@H]3CCC4=CC(=O)C=C[C@]4(C)[C@H]3CC[C@]12C. The van der Waals surface area contributed by atoms with Crippen LogP contribution in [0.5, 0.6) is 0 Å². The largest absolute Gasteiger partial charge is 0.356 e. The molecule has 0 aromatic rings. The molecule has 0 aliphatic heterocycles. The summed E-state index contributed by atoms with van der Waals surface area (Å²) in [4.78, 5) is 35.9. The van der Waals surface area contributed by atoms with Gasteiger partial charge in [0.1, 0.15) is 0 Å². The number of amides is 1. The van der Waals surface area contributed by atoms with Gasteiger partial charge in [-0.05, 0) is 79.8 Å². The van der Waals surface area contributed by atoms with Gasteiger partial charge in [0.25, 0.3) is 0 Å². The highest BCUT2D eigenvalue weighted by atomic mass is 32.2. The fourth-order valence-corrected chi connectivity index (χ4v) is 8.57. The van der Waals surface area contributed by atoms with Crippen molar-refractivity contribution in [2.45, 2.75) is 66.2 Å². The smallest absolute Gasteiger partial charge is 0.216 e. The van der Waals surface area contributed by atoms with Crippen molar-refractivity contribution < 1.29 is 14.4 Å². The quantitative estimate of drug-likeness (QED) is 0.611. The first kappa shape index (κ1) is 22.8. The van der Waals surface area contributed by atoms with E-state index >= 15 is 0 Å². The van der Waals surface area contributed by atoms with Crippen molar-refractivity contribution in [1.29, 1.82) is 0 Å². The Labute approximate surface area is 191 Å². The Morgan fingerprint density at radius 1 is 1.19 bits per heavy atom. The van der Waals surface area contributed by atoms with Crippen LogP contribution in [0.15, 0.2) is 23.8 Å². The van der Waals surface area contributed by atoms with Crippen LogP contribution in [0, 0.1) is 40.4 Å². The van der Waals surface area contributed by atoms with Crippen LogP contribution in [0.4, 0.5) is 0 Å². The van der Waals surface area contributed by atoms with E-state index in [-0.39, 0.29) is 33.6 Å². The lowest BCUT2D eigenvalue weighted by Crippen LogP contribution is -2.50. The summed E-state index contributed by atoms with van der Waals surface area (Å²) in [6.45, 7) is 9.01. The number of carbonyl (C=O) groups excluding carboxylic acids is 3. The number of ketones is 1. The monoisotopic (exact) mass is 443 g/mol. The third kappa shape index (κ3) is 3.96. The second-order valence-corrected chi connectivity index (χ2v) is 11.9. The fourth-order valence-electron chi connectivity index (χ4n) is 7.73. The number of allylic oxidation sites excluding steroid dienone is 4. The van der Waals surface area contributed by atoms with Crippen LogP contribution in [-0.4, -0.2) is 29.1 Å². The summed E-state index contributed by atoms with van der Waals surface area (Å²) in [6, 6.07) is 0. The van der Waals surface area contributed by atoms with Gasteiger partial charge in [-0.2, -0.15) is 0 Å². The van der Waals surface area contributed by atoms with Gasteiger partial charge in [0.15, 0.2) is 10.9 Å². The standard InChI is InChI=1S/C26H37NO3S/c1-16(24(30)31-14-13-27-17(2)28)21-7-8-22-20-6-5-18-15-19(29)9-11-25(18,3)23(20)10-12-26(21,22)4/h9,11,15-16,20-23H,5-8,10,12-14H2,1-4H3,(H,27,28)/t16-,20-,21+,22-,23-,25-,26+/m0/s1. The van der Waals surface area contributed by atoms with Gasteiger partial charge in [-0.3, -0.25) is 14.4 Å². The third-order valence-corrected chi connectivity index (χ3v) is 10.4. The van der Waals surface area contributed by atoms with E-state index in [0.717, 1.165) is 12.8 Å². The van der Waals surface area contributed by atoms with Crippen molar-refractivity contribution in [2.24, 2.45) is 40.4 Å². The Bertz CT molecular complexity index is 833. The topological polar surface area (TPSA) is 63.2 Å². The molecule has 0 unspecified atom stereocenters. The Balaban J connectivity index is 1.45. The first-order valence-electron chi connectivity index (χ1n) is 12.0. The maximum atomic E-state index is 12.9. The second kappa shape index (κ2) is 8.53. The number of rotatable bonds is 5. The fraction of sp³-hybridized carbons (Fsp3) is 0.731. The van der Waals surface area contributed by atoms with Crippen LogP contribution in [0.2, 0.25) is 0 Å². The average molecular weight is 444 g/mol. The number of thioether (sulfide) groups is 1. The van der Waals surface area contributed by atoms with Crippen molar-refractivity contribution in [1.82, 2.24) is 5.32 Å². The lowest BCUT2D eigenvalue weighted by molar-refractivity contribution is -0.119. The Morgan fingerprint density at radius 2 is 1.97 bits per heavy atom. The summed E-state index contributed by atoms with van der Waals surface area (Å²) in [6.07, 6.45) is 12.9. The molecular formula is C26H37NO3S. The van der Waals surface area contributed by atoms with E-state index in [4.69, 9.17) is 0 Å². The van der Waals surface area contributed by atoms with Crippen molar-refractivity contribution in [2.75, 3.05) is 12.3 Å². The molecular weight excluding hydrogens is 406 g/mol. The van der Waals surface area contributed by atoms with E-state index < -0.39 is 0 Å². The number of fused-ring (bicyclic) bond motifs is 5. The van der Waals surface area contributed by atoms with E-state index in [1.807, 2.05) is 6.08 Å². The zero-order valence-electron chi connectivity index (χ0n) is 19.4. The highest BCUT2D eigenvalue weighted by Gasteiger charge is 2.59. The highest BCUT2D eigenvalue weighted by molar-refractivity contribution is 8.13. The minimum Gasteiger partial charge on any atom is -0.356 e. The van der Waals surface area contributed by atoms with Crippen LogP contribution in [0.1, 0.15) is 66.2 Å². The average Bonchev–Trinajstić information content (AvgIpc) is 3.08. The molecule has 3 saturated carbocycles. The van der Waals surface area contributed by atoms with Crippen LogP contribution in [0.3, 0.4) is 0 Å². The zero-order chi connectivity index (χ0) is 22.4. The molecule has 0 spiro atoms. The zero-order valence-corrected chi connectivity index (χ0v) is 20.2. The van der Waals surface area contributed by atoms with Crippen molar-refractivity contribution in [3.05, 3.63) is 23.8 Å². The molecule has 0 aromatic heterocycles. The molecule has 4 aliphatic rings. The predicted molar refractivity (Wildman–Crippen MR) is 125 cm³/mol. The maximum absolute atomic E-state index is 12.9. The van der Waals surface area contributed by atoms with E-state index in [2.05, 4.69) is 32.2 Å². The minimum absolute atomic E-state index is 0.0389. The highest BCUT2D eigenvalue weighted by Crippen LogP contribution is 2.67. The van der Waals surface area contributed by atoms with Crippen LogP contribution < -0.4 is 5.32 Å². The molecule has 3 fully saturated rings. The van der Waals surface area contributed by atoms with Crippen molar-refractivity contribution in [3.8, 4) is 0 Å². The number of nitrogens with one attached hydrogen (secondary N) is 1. The normalized spacial score (nSPS) is 39.7. The molecule has 0 bridgehead atoms. The molecule has 0 radical (unpaired) electrons. The molecule has 4 rings (SSSR count). The van der Waals surface area contributed by atoms with Crippen LogP contribution in [0.25, 0.3) is 0 Å². The van der Waals surface area contributed by atoms with E-state index in [9.17, 15) is 14.4 Å². The number of hydrogen-bond acceptors (Lipinski definition) is 4. The molecule has 4 aliphatic carbocycles. The molecule has 7 atom stereocenters. The second-order valence-electron chi connectivity index (χ2n) is 10.8. The predicted octanol–water partition coefficient (Wildman–Crippen LogP) is 4.94. The van der Waals surface area contributed by atoms with Gasteiger partial charge >= 0.3 is 0 Å². The van der Waals surface area contributed by atoms with Gasteiger partial charge < -0.3 is 5.32 Å². The molecule has 1 amide bonds. The summed E-state index contributed by atoms with van der Waals surface area (Å²) >= 11 is 1.39. The first-order chi connectivity index (χ1) is 14.7. The Morgan fingerprint density at radius 3 is 2.71 bits per heavy atom. The lowest BCUT2D eigenvalue weighted by atomic mass is 9.47. The molecule has 4 nitrogen and oxygen atoms in total. The summed E-state index contributed by atoms with van der Waals surface area (Å²) in [5.74, 6) is 3.27. The molecule has 0 heterocycles. The van der Waals surface area contributed by atoms with Gasteiger partial charge in [0.2, 0.25) is 5.91 Å². The van der Waals surface area contributed by atoms with Crippen LogP contribution >= 0.6 is 11.8 Å². The Hall–Kier alpha value is -1.36. The van der Waals surface area contributed by atoms with Crippen LogP contribution in [-0.2, 0) is 14.4 Å². The molecule has 31 heavy (non-hydrogen) atoms. The number of carbonyl (C=O) groups is 3. The number of hydrogen-bond donors (Lipinski definition) is 1. The Kier molecular flexibility index (Phi) is 6.28. The van der Waals surface area contributed by atoms with E-state index in [1.54, 1.807) is 6.08 Å². The van der Waals surface area contributed by atoms with Crippen molar-refractivity contribution >= 4 is 28.6 Å².